The number of para-hydroxylation sites is 2. The number of methoxy groups -OCH3 is 1. The molecule has 5 heteroatoms. The van der Waals surface area contributed by atoms with E-state index in [4.69, 9.17) is 4.74 Å². The first-order chi connectivity index (χ1) is 10.3. The van der Waals surface area contributed by atoms with Crippen molar-refractivity contribution in [2.45, 2.75) is 6.54 Å². The lowest BCUT2D eigenvalue weighted by molar-refractivity contribution is 0.412. The number of hydrogen-bond donors (Lipinski definition) is 1. The number of nitrogens with zero attached hydrogens (tertiary/aromatic N) is 2. The SMILES string of the molecule is COc1ccc(NCc2cnc3ccccc3n2)cc1Br. The van der Waals surface area contributed by atoms with E-state index in [0.29, 0.717) is 6.54 Å². The molecule has 0 aliphatic heterocycles. The molecule has 0 saturated heterocycles. The van der Waals surface area contributed by atoms with Crippen LogP contribution < -0.4 is 10.1 Å². The fraction of sp³-hybridized carbons (Fsp3) is 0.125. The minimum absolute atomic E-state index is 0.622. The monoisotopic (exact) mass is 343 g/mol. The van der Waals surface area contributed by atoms with E-state index in [-0.39, 0.29) is 0 Å². The Morgan fingerprint density at radius 1 is 1.14 bits per heavy atom. The highest BCUT2D eigenvalue weighted by molar-refractivity contribution is 9.10. The van der Waals surface area contributed by atoms with Crippen LogP contribution in [0.25, 0.3) is 11.0 Å². The molecular formula is C16H14BrN3O. The van der Waals surface area contributed by atoms with Gasteiger partial charge >= 0.3 is 0 Å². The first-order valence-electron chi connectivity index (χ1n) is 6.54. The standard InChI is InChI=1S/C16H14BrN3O/c1-21-16-7-6-11(8-13(16)17)18-9-12-10-19-14-4-2-3-5-15(14)20-12/h2-8,10,18H,9H2,1H3. The molecule has 0 aliphatic carbocycles. The van der Waals surface area contributed by atoms with Crippen molar-refractivity contribution in [2.75, 3.05) is 12.4 Å². The summed E-state index contributed by atoms with van der Waals surface area (Å²) in [6, 6.07) is 13.7. The van der Waals surface area contributed by atoms with Gasteiger partial charge in [0.1, 0.15) is 5.75 Å². The third-order valence-electron chi connectivity index (χ3n) is 3.12. The first-order valence-corrected chi connectivity index (χ1v) is 7.33. The van der Waals surface area contributed by atoms with Crippen LogP contribution in [0.15, 0.2) is 53.1 Å². The second-order valence-corrected chi connectivity index (χ2v) is 5.41. The topological polar surface area (TPSA) is 47.0 Å². The number of rotatable bonds is 4. The third-order valence-corrected chi connectivity index (χ3v) is 3.74. The fourth-order valence-corrected chi connectivity index (χ4v) is 2.59. The minimum atomic E-state index is 0.622. The molecule has 0 saturated carbocycles. The predicted molar refractivity (Wildman–Crippen MR) is 87.6 cm³/mol. The van der Waals surface area contributed by atoms with Crippen molar-refractivity contribution in [1.82, 2.24) is 9.97 Å². The van der Waals surface area contributed by atoms with Gasteiger partial charge in [0.2, 0.25) is 0 Å². The van der Waals surface area contributed by atoms with E-state index in [1.807, 2.05) is 42.5 Å². The second-order valence-electron chi connectivity index (χ2n) is 4.55. The maximum absolute atomic E-state index is 5.21. The molecule has 1 aromatic heterocycles. The van der Waals surface area contributed by atoms with Crippen LogP contribution in [0.2, 0.25) is 0 Å². The zero-order valence-corrected chi connectivity index (χ0v) is 13.1. The van der Waals surface area contributed by atoms with Gasteiger partial charge < -0.3 is 10.1 Å². The first kappa shape index (κ1) is 13.8. The molecule has 106 valence electrons. The highest BCUT2D eigenvalue weighted by atomic mass is 79.9. The van der Waals surface area contributed by atoms with Crippen molar-refractivity contribution in [1.29, 1.82) is 0 Å². The van der Waals surface area contributed by atoms with Crippen molar-refractivity contribution in [3.8, 4) is 5.75 Å². The van der Waals surface area contributed by atoms with E-state index in [1.54, 1.807) is 13.3 Å². The van der Waals surface area contributed by atoms with E-state index in [1.165, 1.54) is 0 Å². The Morgan fingerprint density at radius 2 is 1.95 bits per heavy atom. The molecule has 0 spiro atoms. The summed E-state index contributed by atoms with van der Waals surface area (Å²) in [7, 11) is 1.65. The lowest BCUT2D eigenvalue weighted by Crippen LogP contribution is -2.02. The summed E-state index contributed by atoms with van der Waals surface area (Å²) in [4.78, 5) is 8.99. The molecule has 0 unspecified atom stereocenters. The van der Waals surface area contributed by atoms with Gasteiger partial charge in [0.15, 0.2) is 0 Å². The number of halogens is 1. The van der Waals surface area contributed by atoms with Crippen LogP contribution in [0.3, 0.4) is 0 Å². The summed E-state index contributed by atoms with van der Waals surface area (Å²) in [6.45, 7) is 0.622. The zero-order valence-electron chi connectivity index (χ0n) is 11.5. The van der Waals surface area contributed by atoms with Crippen LogP contribution in [0.4, 0.5) is 5.69 Å². The molecule has 1 N–H and O–H groups in total. The number of anilines is 1. The van der Waals surface area contributed by atoms with Crippen molar-refractivity contribution in [3.63, 3.8) is 0 Å². The molecule has 3 aromatic rings. The molecule has 3 rings (SSSR count). The maximum Gasteiger partial charge on any atom is 0.133 e. The van der Waals surface area contributed by atoms with E-state index in [0.717, 1.165) is 32.6 Å². The van der Waals surface area contributed by atoms with E-state index in [2.05, 4.69) is 31.2 Å². The molecule has 0 amide bonds. The number of ether oxygens (including phenoxy) is 1. The predicted octanol–water partition coefficient (Wildman–Crippen LogP) is 4.01. The lowest BCUT2D eigenvalue weighted by Gasteiger charge is -2.09. The Hall–Kier alpha value is -2.14. The average molecular weight is 344 g/mol. The molecule has 21 heavy (non-hydrogen) atoms. The fourth-order valence-electron chi connectivity index (χ4n) is 2.05. The van der Waals surface area contributed by atoms with Gasteiger partial charge in [0.05, 0.1) is 41.1 Å². The zero-order chi connectivity index (χ0) is 14.7. The summed E-state index contributed by atoms with van der Waals surface area (Å²) in [6.07, 6.45) is 1.80. The third kappa shape index (κ3) is 3.13. The van der Waals surface area contributed by atoms with E-state index < -0.39 is 0 Å². The molecule has 0 atom stereocenters. The average Bonchev–Trinajstić information content (AvgIpc) is 2.53. The molecule has 0 fully saturated rings. The Morgan fingerprint density at radius 3 is 2.71 bits per heavy atom. The summed E-state index contributed by atoms with van der Waals surface area (Å²) >= 11 is 3.47. The Labute approximate surface area is 131 Å². The maximum atomic E-state index is 5.21. The van der Waals surface area contributed by atoms with Gasteiger partial charge in [-0.25, -0.2) is 4.98 Å². The van der Waals surface area contributed by atoms with Gasteiger partial charge in [0.25, 0.3) is 0 Å². The quantitative estimate of drug-likeness (QED) is 0.777. The van der Waals surface area contributed by atoms with Gasteiger partial charge in [0, 0.05) is 5.69 Å². The van der Waals surface area contributed by atoms with E-state index in [9.17, 15) is 0 Å². The normalized spacial score (nSPS) is 10.6. The van der Waals surface area contributed by atoms with Gasteiger partial charge in [-0.3, -0.25) is 4.98 Å². The molecular weight excluding hydrogens is 330 g/mol. The molecule has 0 aliphatic rings. The Balaban J connectivity index is 1.75. The smallest absolute Gasteiger partial charge is 0.133 e. The van der Waals surface area contributed by atoms with E-state index >= 15 is 0 Å². The van der Waals surface area contributed by atoms with Crippen molar-refractivity contribution in [3.05, 3.63) is 58.8 Å². The second kappa shape index (κ2) is 6.10. The van der Waals surface area contributed by atoms with Gasteiger partial charge in [-0.15, -0.1) is 0 Å². The van der Waals surface area contributed by atoms with Crippen LogP contribution in [0.5, 0.6) is 5.75 Å². The van der Waals surface area contributed by atoms with Gasteiger partial charge in [-0.1, -0.05) is 12.1 Å². The highest BCUT2D eigenvalue weighted by Gasteiger charge is 2.03. The molecule has 2 aromatic carbocycles. The summed E-state index contributed by atoms with van der Waals surface area (Å²) in [5, 5.41) is 3.33. The molecule has 0 radical (unpaired) electrons. The van der Waals surface area contributed by atoms with Crippen molar-refractivity contribution in [2.24, 2.45) is 0 Å². The number of hydrogen-bond acceptors (Lipinski definition) is 4. The number of aromatic nitrogens is 2. The summed E-state index contributed by atoms with van der Waals surface area (Å²) < 4.78 is 6.13. The Kier molecular flexibility index (Phi) is 4.01. The minimum Gasteiger partial charge on any atom is -0.496 e. The van der Waals surface area contributed by atoms with Gasteiger partial charge in [-0.2, -0.15) is 0 Å². The number of benzene rings is 2. The van der Waals surface area contributed by atoms with Crippen LogP contribution in [0.1, 0.15) is 5.69 Å². The summed E-state index contributed by atoms with van der Waals surface area (Å²) in [5.41, 5.74) is 3.72. The van der Waals surface area contributed by atoms with Crippen LogP contribution in [-0.4, -0.2) is 17.1 Å². The van der Waals surface area contributed by atoms with Crippen molar-refractivity contribution < 1.29 is 4.74 Å². The van der Waals surface area contributed by atoms with Crippen molar-refractivity contribution >= 4 is 32.7 Å². The largest absolute Gasteiger partial charge is 0.496 e. The van der Waals surface area contributed by atoms with Gasteiger partial charge in [-0.05, 0) is 46.3 Å². The van der Waals surface area contributed by atoms with Crippen LogP contribution in [-0.2, 0) is 6.54 Å². The Bertz CT molecular complexity index is 776. The molecule has 4 nitrogen and oxygen atoms in total. The van der Waals surface area contributed by atoms with Crippen LogP contribution in [0, 0.1) is 0 Å². The lowest BCUT2D eigenvalue weighted by atomic mass is 10.3. The summed E-state index contributed by atoms with van der Waals surface area (Å²) in [5.74, 6) is 0.811. The molecule has 0 bridgehead atoms. The van der Waals surface area contributed by atoms with Crippen LogP contribution >= 0.6 is 15.9 Å². The highest BCUT2D eigenvalue weighted by Crippen LogP contribution is 2.27. The molecule has 1 heterocycles. The number of nitrogens with one attached hydrogen (secondary N) is 1. The number of fused-ring (bicyclic) bond motifs is 1.